The van der Waals surface area contributed by atoms with Crippen LogP contribution in [0.1, 0.15) is 35.1 Å². The predicted octanol–water partition coefficient (Wildman–Crippen LogP) is 4.95. The molecule has 0 aliphatic heterocycles. The van der Waals surface area contributed by atoms with Gasteiger partial charge in [0.25, 0.3) is 0 Å². The third-order valence-corrected chi connectivity index (χ3v) is 6.09. The number of thiophene rings is 1. The molecule has 0 amide bonds. The van der Waals surface area contributed by atoms with Crippen molar-refractivity contribution in [1.29, 1.82) is 0 Å². The lowest BCUT2D eigenvalue weighted by Crippen LogP contribution is -2.38. The number of nitrogens with one attached hydrogen (secondary N) is 2. The third-order valence-electron chi connectivity index (χ3n) is 5.21. The minimum absolute atomic E-state index is 0. The number of aromatic nitrogens is 3. The predicted molar refractivity (Wildman–Crippen MR) is 139 cm³/mol. The van der Waals surface area contributed by atoms with E-state index in [0.717, 1.165) is 24.2 Å². The number of guanidine groups is 1. The van der Waals surface area contributed by atoms with Crippen molar-refractivity contribution < 1.29 is 0 Å². The van der Waals surface area contributed by atoms with Gasteiger partial charge in [-0.25, -0.2) is 4.99 Å². The van der Waals surface area contributed by atoms with Gasteiger partial charge in [0.15, 0.2) is 11.8 Å². The van der Waals surface area contributed by atoms with Gasteiger partial charge in [0.05, 0.1) is 12.6 Å². The topological polar surface area (TPSA) is 67.1 Å². The molecule has 2 heterocycles. The monoisotopic (exact) mass is 546 g/mol. The molecule has 2 aromatic heterocycles. The van der Waals surface area contributed by atoms with E-state index < -0.39 is 0 Å². The number of nitrogens with zero attached hydrogens (tertiary/aromatic N) is 4. The van der Waals surface area contributed by atoms with Crippen molar-refractivity contribution in [3.63, 3.8) is 0 Å². The zero-order valence-corrected chi connectivity index (χ0v) is 21.0. The van der Waals surface area contributed by atoms with E-state index in [9.17, 15) is 0 Å². The smallest absolute Gasteiger partial charge is 0.192 e. The van der Waals surface area contributed by atoms with Gasteiger partial charge in [0, 0.05) is 11.9 Å². The molecule has 162 valence electrons. The van der Waals surface area contributed by atoms with Gasteiger partial charge in [-0.1, -0.05) is 48.5 Å². The second-order valence-corrected chi connectivity index (χ2v) is 8.29. The lowest BCUT2D eigenvalue weighted by molar-refractivity contribution is 0.681. The highest BCUT2D eigenvalue weighted by molar-refractivity contribution is 14.0. The van der Waals surface area contributed by atoms with Crippen LogP contribution in [0, 0.1) is 6.92 Å². The SMILES string of the molecule is Cc1nnc(CN=C(NCc2cccs2)NC(C)c2cccc3ccccc23)n1C.I. The molecular formula is C23H27IN6S. The first kappa shape index (κ1) is 23.2. The van der Waals surface area contributed by atoms with E-state index in [1.54, 1.807) is 11.3 Å². The van der Waals surface area contributed by atoms with E-state index in [1.807, 2.05) is 18.5 Å². The quantitative estimate of drug-likeness (QED) is 0.204. The Bertz CT molecular complexity index is 1150. The Morgan fingerprint density at radius 1 is 1.10 bits per heavy atom. The molecule has 1 unspecified atom stereocenters. The lowest BCUT2D eigenvalue weighted by atomic mass is 10.00. The maximum absolute atomic E-state index is 4.79. The average Bonchev–Trinajstić information content (AvgIpc) is 3.40. The van der Waals surface area contributed by atoms with Gasteiger partial charge < -0.3 is 15.2 Å². The first-order valence-electron chi connectivity index (χ1n) is 10.0. The second kappa shape index (κ2) is 10.7. The fraction of sp³-hybridized carbons (Fsp3) is 0.261. The maximum Gasteiger partial charge on any atom is 0.192 e. The zero-order chi connectivity index (χ0) is 20.9. The Kier molecular flexibility index (Phi) is 8.03. The molecule has 0 spiro atoms. The van der Waals surface area contributed by atoms with Crippen molar-refractivity contribution in [3.8, 4) is 0 Å². The molecule has 0 bridgehead atoms. The number of halogens is 1. The number of rotatable bonds is 6. The van der Waals surface area contributed by atoms with Crippen molar-refractivity contribution in [2.24, 2.45) is 12.0 Å². The lowest BCUT2D eigenvalue weighted by Gasteiger charge is -2.20. The minimum atomic E-state index is 0. The normalized spacial score (nSPS) is 12.4. The summed E-state index contributed by atoms with van der Waals surface area (Å²) in [5.74, 6) is 2.47. The van der Waals surface area contributed by atoms with Gasteiger partial charge >= 0.3 is 0 Å². The molecule has 4 rings (SSSR count). The Labute approximate surface area is 203 Å². The molecule has 0 aliphatic carbocycles. The molecule has 2 N–H and O–H groups in total. The van der Waals surface area contributed by atoms with Crippen LogP contribution in [0.5, 0.6) is 0 Å². The van der Waals surface area contributed by atoms with Gasteiger partial charge in [-0.15, -0.1) is 45.5 Å². The average molecular weight is 546 g/mol. The second-order valence-electron chi connectivity index (χ2n) is 7.25. The van der Waals surface area contributed by atoms with Gasteiger partial charge in [-0.3, -0.25) is 0 Å². The summed E-state index contributed by atoms with van der Waals surface area (Å²) in [6.45, 7) is 5.29. The Morgan fingerprint density at radius 3 is 2.65 bits per heavy atom. The first-order chi connectivity index (χ1) is 14.6. The van der Waals surface area contributed by atoms with Gasteiger partial charge in [-0.2, -0.15) is 0 Å². The third kappa shape index (κ3) is 5.62. The highest BCUT2D eigenvalue weighted by atomic mass is 127. The van der Waals surface area contributed by atoms with Crippen LogP contribution in [-0.4, -0.2) is 20.7 Å². The fourth-order valence-corrected chi connectivity index (χ4v) is 4.03. The van der Waals surface area contributed by atoms with Crippen LogP contribution in [0.25, 0.3) is 10.8 Å². The van der Waals surface area contributed by atoms with E-state index in [1.165, 1.54) is 21.2 Å². The van der Waals surface area contributed by atoms with Gasteiger partial charge in [-0.05, 0) is 41.6 Å². The molecule has 0 saturated heterocycles. The van der Waals surface area contributed by atoms with Crippen LogP contribution in [0.4, 0.5) is 0 Å². The van der Waals surface area contributed by atoms with Crippen molar-refractivity contribution in [3.05, 3.63) is 82.1 Å². The summed E-state index contributed by atoms with van der Waals surface area (Å²) in [5, 5.41) is 20.0. The summed E-state index contributed by atoms with van der Waals surface area (Å²) in [6, 6.07) is 19.2. The van der Waals surface area contributed by atoms with Crippen LogP contribution < -0.4 is 10.6 Å². The first-order valence-corrected chi connectivity index (χ1v) is 10.9. The molecule has 0 aliphatic rings. The van der Waals surface area contributed by atoms with E-state index >= 15 is 0 Å². The molecule has 8 heteroatoms. The molecule has 31 heavy (non-hydrogen) atoms. The highest BCUT2D eigenvalue weighted by Gasteiger charge is 2.12. The van der Waals surface area contributed by atoms with E-state index in [2.05, 4.69) is 87.7 Å². The molecule has 2 aromatic carbocycles. The maximum atomic E-state index is 4.79. The van der Waals surface area contributed by atoms with Crippen LogP contribution in [0.3, 0.4) is 0 Å². The van der Waals surface area contributed by atoms with Crippen molar-refractivity contribution in [2.45, 2.75) is 33.0 Å². The van der Waals surface area contributed by atoms with Crippen molar-refractivity contribution >= 4 is 52.0 Å². The number of hydrogen-bond donors (Lipinski definition) is 2. The van der Waals surface area contributed by atoms with Gasteiger partial charge in [0.2, 0.25) is 0 Å². The summed E-state index contributed by atoms with van der Waals surface area (Å²) >= 11 is 1.73. The number of aryl methyl sites for hydroxylation is 1. The van der Waals surface area contributed by atoms with Crippen LogP contribution >= 0.6 is 35.3 Å². The summed E-state index contributed by atoms with van der Waals surface area (Å²) in [6.07, 6.45) is 0. The number of fused-ring (bicyclic) bond motifs is 1. The van der Waals surface area contributed by atoms with Crippen LogP contribution in [-0.2, 0) is 20.1 Å². The number of aliphatic imine (C=N–C) groups is 1. The summed E-state index contributed by atoms with van der Waals surface area (Å²) < 4.78 is 1.97. The van der Waals surface area contributed by atoms with E-state index in [-0.39, 0.29) is 30.0 Å². The van der Waals surface area contributed by atoms with Crippen molar-refractivity contribution in [2.75, 3.05) is 0 Å². The molecule has 0 fully saturated rings. The Morgan fingerprint density at radius 2 is 1.90 bits per heavy atom. The van der Waals surface area contributed by atoms with E-state index in [0.29, 0.717) is 6.54 Å². The molecule has 0 radical (unpaired) electrons. The summed E-state index contributed by atoms with van der Waals surface area (Å²) in [4.78, 5) is 6.05. The molecular weight excluding hydrogens is 519 g/mol. The van der Waals surface area contributed by atoms with Crippen LogP contribution in [0.2, 0.25) is 0 Å². The Hall–Kier alpha value is -2.46. The molecule has 6 nitrogen and oxygen atoms in total. The number of hydrogen-bond acceptors (Lipinski definition) is 4. The van der Waals surface area contributed by atoms with E-state index in [4.69, 9.17) is 4.99 Å². The van der Waals surface area contributed by atoms with Crippen molar-refractivity contribution in [1.82, 2.24) is 25.4 Å². The zero-order valence-electron chi connectivity index (χ0n) is 17.9. The largest absolute Gasteiger partial charge is 0.351 e. The highest BCUT2D eigenvalue weighted by Crippen LogP contribution is 2.24. The Balaban J connectivity index is 0.00000272. The molecule has 4 aromatic rings. The van der Waals surface area contributed by atoms with Gasteiger partial charge in [0.1, 0.15) is 12.4 Å². The van der Waals surface area contributed by atoms with Crippen LogP contribution in [0.15, 0.2) is 65.0 Å². The molecule has 1 atom stereocenters. The standard InChI is InChI=1S/C23H26N6S.HI/c1-16(20-12-6-9-18-8-4-5-11-21(18)20)26-23(24-14-19-10-7-13-30-19)25-15-22-28-27-17(2)29(22)3;/h4-13,16H,14-15H2,1-3H3,(H2,24,25,26);1H. The summed E-state index contributed by atoms with van der Waals surface area (Å²) in [7, 11) is 1.96. The number of benzene rings is 2. The fourth-order valence-electron chi connectivity index (χ4n) is 3.39. The summed E-state index contributed by atoms with van der Waals surface area (Å²) in [5.41, 5.74) is 1.24. The molecule has 0 saturated carbocycles. The minimum Gasteiger partial charge on any atom is -0.351 e.